The summed E-state index contributed by atoms with van der Waals surface area (Å²) in [6, 6.07) is 6.08. The predicted molar refractivity (Wildman–Crippen MR) is 64.9 cm³/mol. The second-order valence-corrected chi connectivity index (χ2v) is 3.56. The Bertz CT molecular complexity index is 418. The van der Waals surface area contributed by atoms with Crippen LogP contribution in [0.5, 0.6) is 0 Å². The molecule has 17 heavy (non-hydrogen) atoms. The number of benzene rings is 1. The monoisotopic (exact) mass is 236 g/mol. The molecule has 0 saturated carbocycles. The number of aliphatic carboxylic acids is 1. The van der Waals surface area contributed by atoms with Crippen LogP contribution in [0.1, 0.15) is 12.5 Å². The number of anilines is 1. The topological polar surface area (TPSA) is 78.4 Å². The van der Waals surface area contributed by atoms with Gasteiger partial charge in [-0.15, -0.1) is 0 Å². The van der Waals surface area contributed by atoms with Crippen molar-refractivity contribution < 1.29 is 14.7 Å². The number of hydrogen-bond acceptors (Lipinski definition) is 3. The lowest BCUT2D eigenvalue weighted by molar-refractivity contribution is -0.142. The maximum atomic E-state index is 11.7. The number of carboxylic acid groups (broad SMARTS) is 1. The Morgan fingerprint density at radius 2 is 2.00 bits per heavy atom. The van der Waals surface area contributed by atoms with Gasteiger partial charge in [-0.25, -0.2) is 4.79 Å². The van der Waals surface area contributed by atoms with Gasteiger partial charge in [0.1, 0.15) is 0 Å². The summed E-state index contributed by atoms with van der Waals surface area (Å²) in [6.07, 6.45) is 0.772. The number of carbonyl (C=O) groups is 2. The van der Waals surface area contributed by atoms with Crippen LogP contribution < -0.4 is 10.6 Å². The predicted octanol–water partition coefficient (Wildman–Crippen LogP) is 0.860. The molecular weight excluding hydrogens is 220 g/mol. The van der Waals surface area contributed by atoms with Crippen LogP contribution >= 0.6 is 0 Å². The standard InChI is InChI=1S/C12H16N2O3/c1-3-8-6-4-5-7-9(8)14-11(15)10(13-2)12(16)17/h4-7,10,13H,3H2,1-2H3,(H,14,15)(H,16,17). The Hall–Kier alpha value is -1.88. The van der Waals surface area contributed by atoms with Crippen molar-refractivity contribution in [1.82, 2.24) is 5.32 Å². The molecule has 0 heterocycles. The second kappa shape index (κ2) is 6.00. The molecule has 1 amide bonds. The quantitative estimate of drug-likeness (QED) is 0.662. The molecule has 0 aliphatic carbocycles. The van der Waals surface area contributed by atoms with Crippen molar-refractivity contribution in [3.05, 3.63) is 29.8 Å². The molecule has 0 aliphatic rings. The number of hydrogen-bond donors (Lipinski definition) is 3. The zero-order chi connectivity index (χ0) is 12.8. The van der Waals surface area contributed by atoms with E-state index in [9.17, 15) is 9.59 Å². The van der Waals surface area contributed by atoms with E-state index in [1.54, 1.807) is 12.1 Å². The molecule has 5 nitrogen and oxygen atoms in total. The zero-order valence-corrected chi connectivity index (χ0v) is 9.86. The van der Waals surface area contributed by atoms with E-state index < -0.39 is 17.9 Å². The van der Waals surface area contributed by atoms with Crippen molar-refractivity contribution in [2.24, 2.45) is 0 Å². The molecule has 5 heteroatoms. The first-order valence-corrected chi connectivity index (χ1v) is 5.39. The van der Waals surface area contributed by atoms with Gasteiger partial charge >= 0.3 is 5.97 Å². The number of amides is 1. The summed E-state index contributed by atoms with van der Waals surface area (Å²) in [6.45, 7) is 1.97. The van der Waals surface area contributed by atoms with Crippen LogP contribution in [-0.4, -0.2) is 30.1 Å². The lowest BCUT2D eigenvalue weighted by Crippen LogP contribution is -2.44. The molecule has 0 aliphatic heterocycles. The van der Waals surface area contributed by atoms with E-state index in [1.165, 1.54) is 7.05 Å². The first-order valence-electron chi connectivity index (χ1n) is 5.39. The van der Waals surface area contributed by atoms with Gasteiger partial charge in [-0.05, 0) is 25.1 Å². The number of aryl methyl sites for hydroxylation is 1. The van der Waals surface area contributed by atoms with Gasteiger partial charge < -0.3 is 10.4 Å². The van der Waals surface area contributed by atoms with Crippen molar-refractivity contribution in [3.8, 4) is 0 Å². The highest BCUT2D eigenvalue weighted by molar-refractivity contribution is 6.08. The van der Waals surface area contributed by atoms with E-state index in [0.29, 0.717) is 5.69 Å². The fourth-order valence-corrected chi connectivity index (χ4v) is 1.52. The molecule has 1 aromatic rings. The average molecular weight is 236 g/mol. The van der Waals surface area contributed by atoms with E-state index in [0.717, 1.165) is 12.0 Å². The Balaban J connectivity index is 2.83. The number of rotatable bonds is 5. The van der Waals surface area contributed by atoms with Crippen LogP contribution in [0.2, 0.25) is 0 Å². The SMILES string of the molecule is CCc1ccccc1NC(=O)C(NC)C(=O)O. The fraction of sp³-hybridized carbons (Fsp3) is 0.333. The Kier molecular flexibility index (Phi) is 4.66. The highest BCUT2D eigenvalue weighted by Crippen LogP contribution is 2.15. The van der Waals surface area contributed by atoms with Crippen LogP contribution in [0.25, 0.3) is 0 Å². The molecule has 1 unspecified atom stereocenters. The van der Waals surface area contributed by atoms with Crippen molar-refractivity contribution in [2.45, 2.75) is 19.4 Å². The van der Waals surface area contributed by atoms with E-state index in [4.69, 9.17) is 5.11 Å². The van der Waals surface area contributed by atoms with Crippen molar-refractivity contribution in [2.75, 3.05) is 12.4 Å². The molecule has 0 saturated heterocycles. The third-order valence-electron chi connectivity index (χ3n) is 2.45. The Morgan fingerprint density at radius 3 is 2.53 bits per heavy atom. The van der Waals surface area contributed by atoms with Crippen LogP contribution in [0.15, 0.2) is 24.3 Å². The van der Waals surface area contributed by atoms with E-state index >= 15 is 0 Å². The maximum absolute atomic E-state index is 11.7. The first kappa shape index (κ1) is 13.2. The molecule has 1 atom stereocenters. The minimum atomic E-state index is -1.24. The molecule has 92 valence electrons. The van der Waals surface area contributed by atoms with Crippen LogP contribution in [0.3, 0.4) is 0 Å². The largest absolute Gasteiger partial charge is 0.480 e. The normalized spacial score (nSPS) is 11.9. The van der Waals surface area contributed by atoms with Gasteiger partial charge in [0, 0.05) is 5.69 Å². The van der Waals surface area contributed by atoms with Gasteiger partial charge in [0.25, 0.3) is 5.91 Å². The van der Waals surface area contributed by atoms with Crippen molar-refractivity contribution >= 4 is 17.6 Å². The van der Waals surface area contributed by atoms with Gasteiger partial charge in [-0.2, -0.15) is 0 Å². The number of para-hydroxylation sites is 1. The lowest BCUT2D eigenvalue weighted by Gasteiger charge is -2.13. The minimum Gasteiger partial charge on any atom is -0.480 e. The molecule has 0 radical (unpaired) electrons. The first-order chi connectivity index (χ1) is 8.10. The van der Waals surface area contributed by atoms with Gasteiger partial charge in [-0.1, -0.05) is 25.1 Å². The summed E-state index contributed by atoms with van der Waals surface area (Å²) in [5.74, 6) is -1.76. The highest BCUT2D eigenvalue weighted by Gasteiger charge is 2.24. The molecule has 0 spiro atoms. The number of likely N-dealkylation sites (N-methyl/N-ethyl adjacent to an activating group) is 1. The van der Waals surface area contributed by atoms with Crippen LogP contribution in [0, 0.1) is 0 Å². The van der Waals surface area contributed by atoms with Crippen LogP contribution in [-0.2, 0) is 16.0 Å². The molecule has 1 rings (SSSR count). The minimum absolute atomic E-state index is 0.569. The van der Waals surface area contributed by atoms with Crippen molar-refractivity contribution in [3.63, 3.8) is 0 Å². The number of carbonyl (C=O) groups excluding carboxylic acids is 1. The summed E-state index contributed by atoms with van der Waals surface area (Å²) in [4.78, 5) is 22.5. The van der Waals surface area contributed by atoms with Gasteiger partial charge in [-0.3, -0.25) is 10.1 Å². The molecular formula is C12H16N2O3. The summed E-state index contributed by atoms with van der Waals surface area (Å²) >= 11 is 0. The van der Waals surface area contributed by atoms with Gasteiger partial charge in [0.2, 0.25) is 0 Å². The Labute approximate surface area is 99.8 Å². The third-order valence-corrected chi connectivity index (χ3v) is 2.45. The summed E-state index contributed by atoms with van der Waals surface area (Å²) in [5, 5.41) is 13.9. The van der Waals surface area contributed by atoms with E-state index in [2.05, 4.69) is 10.6 Å². The molecule has 0 bridgehead atoms. The number of carboxylic acids is 1. The number of nitrogens with one attached hydrogen (secondary N) is 2. The lowest BCUT2D eigenvalue weighted by atomic mass is 10.1. The maximum Gasteiger partial charge on any atom is 0.330 e. The summed E-state index contributed by atoms with van der Waals surface area (Å²) in [5.41, 5.74) is 1.63. The van der Waals surface area contributed by atoms with Gasteiger partial charge in [0.15, 0.2) is 6.04 Å². The zero-order valence-electron chi connectivity index (χ0n) is 9.86. The van der Waals surface area contributed by atoms with E-state index in [1.807, 2.05) is 19.1 Å². The molecule has 0 aromatic heterocycles. The Morgan fingerprint density at radius 1 is 1.35 bits per heavy atom. The average Bonchev–Trinajstić information content (AvgIpc) is 2.30. The summed E-state index contributed by atoms with van der Waals surface area (Å²) in [7, 11) is 1.43. The third kappa shape index (κ3) is 3.29. The smallest absolute Gasteiger partial charge is 0.330 e. The molecule has 1 aromatic carbocycles. The fourth-order valence-electron chi connectivity index (χ4n) is 1.52. The second-order valence-electron chi connectivity index (χ2n) is 3.56. The van der Waals surface area contributed by atoms with Gasteiger partial charge in [0.05, 0.1) is 0 Å². The molecule has 3 N–H and O–H groups in total. The highest BCUT2D eigenvalue weighted by atomic mass is 16.4. The molecule has 0 fully saturated rings. The summed E-state index contributed by atoms with van der Waals surface area (Å²) < 4.78 is 0. The van der Waals surface area contributed by atoms with Crippen LogP contribution in [0.4, 0.5) is 5.69 Å². The van der Waals surface area contributed by atoms with Crippen molar-refractivity contribution in [1.29, 1.82) is 0 Å². The van der Waals surface area contributed by atoms with E-state index in [-0.39, 0.29) is 0 Å².